The van der Waals surface area contributed by atoms with E-state index in [2.05, 4.69) is 26.9 Å². The molecule has 0 spiro atoms. The van der Waals surface area contributed by atoms with Crippen molar-refractivity contribution in [3.8, 4) is 11.5 Å². The van der Waals surface area contributed by atoms with Gasteiger partial charge in [0.05, 0.1) is 24.9 Å². The number of rotatable bonds is 7. The minimum atomic E-state index is -1.04. The van der Waals surface area contributed by atoms with Crippen molar-refractivity contribution >= 4 is 33.3 Å². The van der Waals surface area contributed by atoms with Gasteiger partial charge in [0.1, 0.15) is 12.2 Å². The largest absolute Gasteiger partial charge is 0.493 e. The van der Waals surface area contributed by atoms with Gasteiger partial charge in [0, 0.05) is 22.5 Å². The number of methoxy groups -OCH3 is 1. The first-order valence-corrected chi connectivity index (χ1v) is 10.9. The molecule has 0 bridgehead atoms. The number of hydrogen-bond donors (Lipinski definition) is 2. The molecule has 1 aliphatic heterocycles. The van der Waals surface area contributed by atoms with Crippen LogP contribution in [0.1, 0.15) is 29.3 Å². The number of anilines is 1. The van der Waals surface area contributed by atoms with Gasteiger partial charge in [-0.1, -0.05) is 0 Å². The fourth-order valence-electron chi connectivity index (χ4n) is 3.83. The van der Waals surface area contributed by atoms with Gasteiger partial charge in [0.25, 0.3) is 0 Å². The van der Waals surface area contributed by atoms with Crippen molar-refractivity contribution in [2.75, 3.05) is 39.6 Å². The van der Waals surface area contributed by atoms with E-state index < -0.39 is 11.9 Å². The van der Waals surface area contributed by atoms with Gasteiger partial charge in [0.2, 0.25) is 0 Å². The SMILES string of the molecule is COc1cc2c(C(C(=O)O)c3cnc(N)s3)ncnc2cc1OCC1CCN(C)CC1. The van der Waals surface area contributed by atoms with Crippen molar-refractivity contribution in [1.82, 2.24) is 19.9 Å². The van der Waals surface area contributed by atoms with E-state index in [1.165, 1.54) is 12.5 Å². The highest BCUT2D eigenvalue weighted by Crippen LogP contribution is 2.37. The number of nitrogen functional groups attached to an aromatic ring is 1. The summed E-state index contributed by atoms with van der Waals surface area (Å²) >= 11 is 1.13. The number of ether oxygens (including phenoxy) is 2. The molecule has 9 nitrogen and oxygen atoms in total. The maximum Gasteiger partial charge on any atom is 0.318 e. The summed E-state index contributed by atoms with van der Waals surface area (Å²) in [5, 5.41) is 10.8. The summed E-state index contributed by atoms with van der Waals surface area (Å²) in [7, 11) is 3.69. The second kappa shape index (κ2) is 9.03. The quantitative estimate of drug-likeness (QED) is 0.567. The molecule has 3 heterocycles. The summed E-state index contributed by atoms with van der Waals surface area (Å²) in [4.78, 5) is 27.5. The Labute approximate surface area is 183 Å². The highest BCUT2D eigenvalue weighted by atomic mass is 32.1. The Morgan fingerprint density at radius 2 is 2.06 bits per heavy atom. The molecule has 0 saturated carbocycles. The van der Waals surface area contributed by atoms with Gasteiger partial charge in [-0.25, -0.2) is 15.0 Å². The minimum Gasteiger partial charge on any atom is -0.493 e. The van der Waals surface area contributed by atoms with Gasteiger partial charge >= 0.3 is 5.97 Å². The Hall–Kier alpha value is -2.98. The minimum absolute atomic E-state index is 0.307. The lowest BCUT2D eigenvalue weighted by Gasteiger charge is -2.28. The molecule has 10 heteroatoms. The number of carbonyl (C=O) groups is 1. The normalized spacial score (nSPS) is 16.3. The van der Waals surface area contributed by atoms with E-state index in [4.69, 9.17) is 15.2 Å². The number of hydrogen-bond acceptors (Lipinski definition) is 9. The summed E-state index contributed by atoms with van der Waals surface area (Å²) in [5.41, 5.74) is 6.67. The Balaban J connectivity index is 1.67. The molecular weight excluding hydrogens is 418 g/mol. The third kappa shape index (κ3) is 4.54. The van der Waals surface area contributed by atoms with Crippen molar-refractivity contribution in [3.63, 3.8) is 0 Å². The molecule has 1 aliphatic rings. The van der Waals surface area contributed by atoms with Crippen LogP contribution in [0.5, 0.6) is 11.5 Å². The van der Waals surface area contributed by atoms with E-state index in [1.807, 2.05) is 0 Å². The standard InChI is InChI=1S/C21H25N5O4S/c1-26-5-3-12(4-6-26)10-30-16-8-14-13(7-15(16)29-2)19(25-11-24-14)18(20(27)28)17-9-23-21(22)31-17/h7-9,11-12,18H,3-6,10H2,1-2H3,(H2,22,23)(H,27,28). The smallest absolute Gasteiger partial charge is 0.318 e. The summed E-state index contributed by atoms with van der Waals surface area (Å²) in [6.07, 6.45) is 5.03. The van der Waals surface area contributed by atoms with Crippen molar-refractivity contribution in [2.24, 2.45) is 5.92 Å². The molecule has 31 heavy (non-hydrogen) atoms. The lowest BCUT2D eigenvalue weighted by Crippen LogP contribution is -2.32. The number of aromatic nitrogens is 3. The first-order chi connectivity index (χ1) is 15.0. The third-order valence-electron chi connectivity index (χ3n) is 5.61. The van der Waals surface area contributed by atoms with Gasteiger partial charge in [-0.2, -0.15) is 0 Å². The molecule has 1 fully saturated rings. The average molecular weight is 444 g/mol. The second-order valence-corrected chi connectivity index (χ2v) is 8.80. The summed E-state index contributed by atoms with van der Waals surface area (Å²) < 4.78 is 11.7. The Morgan fingerprint density at radius 3 is 2.71 bits per heavy atom. The van der Waals surface area contributed by atoms with E-state index in [0.717, 1.165) is 37.3 Å². The van der Waals surface area contributed by atoms with Crippen LogP contribution in [0, 0.1) is 5.92 Å². The maximum atomic E-state index is 12.1. The van der Waals surface area contributed by atoms with Crippen LogP contribution in [0.3, 0.4) is 0 Å². The van der Waals surface area contributed by atoms with Crippen LogP contribution in [-0.2, 0) is 4.79 Å². The van der Waals surface area contributed by atoms with Crippen LogP contribution < -0.4 is 15.2 Å². The van der Waals surface area contributed by atoms with E-state index in [0.29, 0.717) is 50.6 Å². The topological polar surface area (TPSA) is 124 Å². The lowest BCUT2D eigenvalue weighted by atomic mass is 9.98. The van der Waals surface area contributed by atoms with Crippen molar-refractivity contribution < 1.29 is 19.4 Å². The first-order valence-electron chi connectivity index (χ1n) is 10.0. The molecular formula is C21H25N5O4S. The van der Waals surface area contributed by atoms with Gasteiger partial charge in [-0.15, -0.1) is 11.3 Å². The maximum absolute atomic E-state index is 12.1. The summed E-state index contributed by atoms with van der Waals surface area (Å²) in [6.45, 7) is 2.74. The number of aliphatic carboxylic acids is 1. The van der Waals surface area contributed by atoms with Crippen LogP contribution in [-0.4, -0.2) is 64.8 Å². The predicted molar refractivity (Wildman–Crippen MR) is 118 cm³/mol. The van der Waals surface area contributed by atoms with Crippen LogP contribution in [0.2, 0.25) is 0 Å². The molecule has 164 valence electrons. The lowest BCUT2D eigenvalue weighted by molar-refractivity contribution is -0.137. The number of nitrogens with zero attached hydrogens (tertiary/aromatic N) is 4. The number of thiazole rings is 1. The zero-order chi connectivity index (χ0) is 22.0. The van der Waals surface area contributed by atoms with Gasteiger partial charge in [0.15, 0.2) is 16.6 Å². The van der Waals surface area contributed by atoms with Gasteiger partial charge < -0.3 is 25.2 Å². The molecule has 0 radical (unpaired) electrons. The van der Waals surface area contributed by atoms with Crippen LogP contribution in [0.25, 0.3) is 10.9 Å². The third-order valence-corrected chi connectivity index (χ3v) is 6.50. The van der Waals surface area contributed by atoms with E-state index in [-0.39, 0.29) is 0 Å². The molecule has 0 aliphatic carbocycles. The molecule has 4 rings (SSSR count). The van der Waals surface area contributed by atoms with Crippen LogP contribution in [0.15, 0.2) is 24.7 Å². The van der Waals surface area contributed by atoms with E-state index in [9.17, 15) is 9.90 Å². The average Bonchev–Trinajstić information content (AvgIpc) is 3.18. The fraction of sp³-hybridized carbons (Fsp3) is 0.429. The summed E-state index contributed by atoms with van der Waals surface area (Å²) in [6, 6.07) is 3.53. The van der Waals surface area contributed by atoms with Crippen molar-refractivity contribution in [1.29, 1.82) is 0 Å². The monoisotopic (exact) mass is 443 g/mol. The Bertz CT molecular complexity index is 1080. The molecule has 0 amide bonds. The number of benzene rings is 1. The zero-order valence-corrected chi connectivity index (χ0v) is 18.3. The second-order valence-electron chi connectivity index (χ2n) is 7.71. The highest BCUT2D eigenvalue weighted by Gasteiger charge is 2.29. The fourth-order valence-corrected chi connectivity index (χ4v) is 4.61. The van der Waals surface area contributed by atoms with Crippen molar-refractivity contribution in [2.45, 2.75) is 18.8 Å². The summed E-state index contributed by atoms with van der Waals surface area (Å²) in [5.74, 6) is -0.441. The highest BCUT2D eigenvalue weighted by molar-refractivity contribution is 7.15. The van der Waals surface area contributed by atoms with E-state index >= 15 is 0 Å². The molecule has 1 aromatic carbocycles. The molecule has 1 atom stereocenters. The predicted octanol–water partition coefficient (Wildman–Crippen LogP) is 2.61. The van der Waals surface area contributed by atoms with Gasteiger partial charge in [-0.3, -0.25) is 4.79 Å². The number of piperidine rings is 1. The van der Waals surface area contributed by atoms with Crippen LogP contribution >= 0.6 is 11.3 Å². The number of likely N-dealkylation sites (tertiary alicyclic amines) is 1. The first kappa shape index (κ1) is 21.3. The zero-order valence-electron chi connectivity index (χ0n) is 17.4. The van der Waals surface area contributed by atoms with Gasteiger partial charge in [-0.05, 0) is 45.0 Å². The van der Waals surface area contributed by atoms with E-state index in [1.54, 1.807) is 19.2 Å². The molecule has 1 unspecified atom stereocenters. The van der Waals surface area contributed by atoms with Crippen LogP contribution in [0.4, 0.5) is 5.13 Å². The number of nitrogens with two attached hydrogens (primary N) is 1. The number of fused-ring (bicyclic) bond motifs is 1. The Morgan fingerprint density at radius 1 is 1.29 bits per heavy atom. The Kier molecular flexibility index (Phi) is 6.19. The molecule has 2 aromatic heterocycles. The molecule has 3 N–H and O–H groups in total. The number of carboxylic acid groups (broad SMARTS) is 1. The molecule has 3 aromatic rings. The molecule has 1 saturated heterocycles. The van der Waals surface area contributed by atoms with Crippen molar-refractivity contribution in [3.05, 3.63) is 35.2 Å². The number of carboxylic acids is 1.